The van der Waals surface area contributed by atoms with Gasteiger partial charge in [-0.25, -0.2) is 9.87 Å². The largest absolute Gasteiger partial charge is 0.497 e. The van der Waals surface area contributed by atoms with Gasteiger partial charge in [-0.1, -0.05) is 23.4 Å². The molecular weight excluding hydrogens is 483 g/mol. The molecule has 1 fully saturated rings. The number of piperidine rings is 1. The third-order valence-electron chi connectivity index (χ3n) is 6.85. The summed E-state index contributed by atoms with van der Waals surface area (Å²) in [6, 6.07) is 8.97. The lowest BCUT2D eigenvalue weighted by molar-refractivity contribution is -0.143. The van der Waals surface area contributed by atoms with Gasteiger partial charge >= 0.3 is 0 Å². The van der Waals surface area contributed by atoms with Crippen LogP contribution in [0.3, 0.4) is 0 Å². The number of nitrogens with zero attached hydrogens (tertiary/aromatic N) is 3. The molecule has 7 nitrogen and oxygen atoms in total. The Morgan fingerprint density at radius 3 is 2.83 bits per heavy atom. The molecule has 4 rings (SSSR count). The third-order valence-corrected chi connectivity index (χ3v) is 7.15. The van der Waals surface area contributed by atoms with Crippen LogP contribution in [0.1, 0.15) is 43.0 Å². The smallest absolute Gasteiger partial charge is 0.249 e. The molecule has 0 bridgehead atoms. The summed E-state index contributed by atoms with van der Waals surface area (Å²) < 4.78 is 21.0. The molecule has 1 aliphatic rings. The van der Waals surface area contributed by atoms with Crippen LogP contribution in [0.2, 0.25) is 5.02 Å². The zero-order valence-corrected chi connectivity index (χ0v) is 20.8. The molecule has 1 amide bonds. The maximum absolute atomic E-state index is 15.7. The Balaban J connectivity index is 1.45. The van der Waals surface area contributed by atoms with Gasteiger partial charge in [0.1, 0.15) is 11.9 Å². The molecule has 3 heterocycles. The number of fused-ring (bicyclic) bond motifs is 1. The lowest BCUT2D eigenvalue weighted by Gasteiger charge is -2.40. The fourth-order valence-electron chi connectivity index (χ4n) is 4.70. The average molecular weight is 511 g/mol. The minimum Gasteiger partial charge on any atom is -0.497 e. The first-order valence-electron chi connectivity index (χ1n) is 11.8. The van der Waals surface area contributed by atoms with Crippen LogP contribution in [0.4, 0.5) is 4.39 Å². The molecule has 0 spiro atoms. The Morgan fingerprint density at radius 2 is 2.14 bits per heavy atom. The molecule has 36 heavy (non-hydrogen) atoms. The fourth-order valence-corrected chi connectivity index (χ4v) is 4.97. The van der Waals surface area contributed by atoms with Crippen LogP contribution in [0.25, 0.3) is 10.9 Å². The van der Waals surface area contributed by atoms with Gasteiger partial charge < -0.3 is 4.74 Å². The second-order valence-corrected chi connectivity index (χ2v) is 9.36. The van der Waals surface area contributed by atoms with Crippen LogP contribution in [0.15, 0.2) is 48.9 Å². The van der Waals surface area contributed by atoms with Crippen molar-refractivity contribution in [3.63, 3.8) is 0 Å². The highest BCUT2D eigenvalue weighted by molar-refractivity contribution is 6.32. The summed E-state index contributed by atoms with van der Waals surface area (Å²) in [5.74, 6) is 6.32. The molecular formula is C27H28ClFN4O3. The van der Waals surface area contributed by atoms with Crippen molar-refractivity contribution in [2.45, 2.75) is 31.9 Å². The van der Waals surface area contributed by atoms with Crippen molar-refractivity contribution >= 4 is 28.4 Å². The Bertz CT molecular complexity index is 1270. The number of pyridine rings is 2. The summed E-state index contributed by atoms with van der Waals surface area (Å²) in [6.07, 6.45) is 4.75. The van der Waals surface area contributed by atoms with Gasteiger partial charge in [0.05, 0.1) is 29.6 Å². The number of rotatable bonds is 7. The molecule has 0 saturated carbocycles. The molecule has 1 atom stereocenters. The third kappa shape index (κ3) is 5.76. The molecule has 1 aliphatic heterocycles. The highest BCUT2D eigenvalue weighted by Crippen LogP contribution is 2.42. The van der Waals surface area contributed by atoms with Gasteiger partial charge in [-0.15, -0.1) is 0 Å². The van der Waals surface area contributed by atoms with Gasteiger partial charge in [-0.05, 0) is 56.0 Å². The lowest BCUT2D eigenvalue weighted by Crippen LogP contribution is -2.48. The average Bonchev–Trinajstić information content (AvgIpc) is 2.92. The summed E-state index contributed by atoms with van der Waals surface area (Å²) in [7, 11) is 1.54. The van der Waals surface area contributed by atoms with Crippen molar-refractivity contribution < 1.29 is 19.1 Å². The minimum atomic E-state index is -1.41. The summed E-state index contributed by atoms with van der Waals surface area (Å²) in [5, 5.41) is 10.2. The van der Waals surface area contributed by atoms with Crippen molar-refractivity contribution in [3.05, 3.63) is 65.1 Å². The van der Waals surface area contributed by atoms with E-state index < -0.39 is 17.5 Å². The molecule has 188 valence electrons. The number of benzene rings is 1. The molecule has 9 heteroatoms. The predicted octanol–water partition coefficient (Wildman–Crippen LogP) is 4.72. The Labute approximate surface area is 214 Å². The minimum absolute atomic E-state index is 0.0737. The quantitative estimate of drug-likeness (QED) is 0.272. The Morgan fingerprint density at radius 1 is 1.33 bits per heavy atom. The number of methoxy groups -OCH3 is 1. The van der Waals surface area contributed by atoms with E-state index in [1.807, 2.05) is 17.6 Å². The van der Waals surface area contributed by atoms with Crippen LogP contribution in [-0.2, 0) is 4.79 Å². The molecule has 2 aromatic heterocycles. The number of carbonyl (C=O) groups excluding carboxylic acids is 1. The first-order valence-corrected chi connectivity index (χ1v) is 12.2. The first kappa shape index (κ1) is 25.8. The van der Waals surface area contributed by atoms with E-state index in [1.54, 1.807) is 37.7 Å². The van der Waals surface area contributed by atoms with Gasteiger partial charge in [-0.2, -0.15) is 0 Å². The van der Waals surface area contributed by atoms with E-state index in [0.29, 0.717) is 54.7 Å². The van der Waals surface area contributed by atoms with E-state index in [9.17, 15) is 10.0 Å². The second kappa shape index (κ2) is 11.7. The summed E-state index contributed by atoms with van der Waals surface area (Å²) in [5.41, 5.74) is 2.73. The van der Waals surface area contributed by atoms with Crippen LogP contribution >= 0.6 is 11.6 Å². The maximum atomic E-state index is 15.7. The molecule has 1 saturated heterocycles. The van der Waals surface area contributed by atoms with Crippen molar-refractivity contribution in [3.8, 4) is 17.6 Å². The summed E-state index contributed by atoms with van der Waals surface area (Å²) in [6.45, 7) is 1.78. The Hall–Kier alpha value is -3.25. The first-order chi connectivity index (χ1) is 17.5. The highest BCUT2D eigenvalue weighted by Gasteiger charge is 2.41. The van der Waals surface area contributed by atoms with Crippen molar-refractivity contribution in [2.75, 3.05) is 26.7 Å². The van der Waals surface area contributed by atoms with Crippen molar-refractivity contribution in [1.82, 2.24) is 20.3 Å². The number of likely N-dealkylation sites (tertiary alicyclic amines) is 1. The Kier molecular flexibility index (Phi) is 8.36. The number of halogens is 2. The van der Waals surface area contributed by atoms with Gasteiger partial charge in [0, 0.05) is 48.2 Å². The molecule has 0 radical (unpaired) electrons. The summed E-state index contributed by atoms with van der Waals surface area (Å²) >= 11 is 6.37. The number of carbonyl (C=O) groups is 1. The van der Waals surface area contributed by atoms with E-state index >= 15 is 4.39 Å². The number of ether oxygens (including phenoxy) is 1. The SMILES string of the molecule is COc1ccc2ncc(Cl)c(C(F)CCC3(C(=O)NO)CCN(CC#Cc4cccnc4)CC3)c2c1. The topological polar surface area (TPSA) is 87.6 Å². The molecule has 0 aliphatic carbocycles. The van der Waals surface area contributed by atoms with E-state index in [-0.39, 0.29) is 17.9 Å². The normalized spacial score (nSPS) is 16.1. The molecule has 3 aromatic rings. The monoisotopic (exact) mass is 510 g/mol. The molecule has 2 N–H and O–H groups in total. The number of nitrogens with one attached hydrogen (secondary N) is 1. The standard InChI is InChI=1S/C27H28ClFN4O3/c1-36-20-6-7-24-21(16-20)25(22(28)18-31-24)23(29)8-9-27(26(34)32-35)10-14-33(15-11-27)13-3-5-19-4-2-12-30-17-19/h2,4,6-7,12,16-18,23,35H,8-11,13-15H2,1H3,(H,32,34). The molecule has 1 aromatic carbocycles. The fraction of sp³-hybridized carbons (Fsp3) is 0.370. The molecule has 1 unspecified atom stereocenters. The number of hydrogen-bond acceptors (Lipinski definition) is 6. The van der Waals surface area contributed by atoms with Gasteiger partial charge in [0.2, 0.25) is 5.91 Å². The zero-order valence-electron chi connectivity index (χ0n) is 20.0. The van der Waals surface area contributed by atoms with Crippen molar-refractivity contribution in [1.29, 1.82) is 0 Å². The second-order valence-electron chi connectivity index (χ2n) is 8.95. The van der Waals surface area contributed by atoms with Gasteiger partial charge in [-0.3, -0.25) is 24.9 Å². The van der Waals surface area contributed by atoms with Gasteiger partial charge in [0.25, 0.3) is 0 Å². The summed E-state index contributed by atoms with van der Waals surface area (Å²) in [4.78, 5) is 23.2. The number of amides is 1. The number of alkyl halides is 1. The predicted molar refractivity (Wildman–Crippen MR) is 136 cm³/mol. The number of hydrogen-bond donors (Lipinski definition) is 2. The van der Waals surface area contributed by atoms with Crippen LogP contribution in [-0.4, -0.2) is 52.7 Å². The number of hydroxylamine groups is 1. The van der Waals surface area contributed by atoms with E-state index in [4.69, 9.17) is 16.3 Å². The van der Waals surface area contributed by atoms with E-state index in [2.05, 4.69) is 26.7 Å². The van der Waals surface area contributed by atoms with E-state index in [1.165, 1.54) is 6.20 Å². The van der Waals surface area contributed by atoms with E-state index in [0.717, 1.165) is 5.56 Å². The van der Waals surface area contributed by atoms with Crippen molar-refractivity contribution in [2.24, 2.45) is 5.41 Å². The zero-order chi connectivity index (χ0) is 25.5. The maximum Gasteiger partial charge on any atom is 0.249 e. The van der Waals surface area contributed by atoms with Gasteiger partial charge in [0.15, 0.2) is 0 Å². The van der Waals surface area contributed by atoms with Crippen LogP contribution in [0.5, 0.6) is 5.75 Å². The number of aromatic nitrogens is 2. The van der Waals surface area contributed by atoms with Crippen LogP contribution in [0, 0.1) is 17.3 Å². The lowest BCUT2D eigenvalue weighted by atomic mass is 9.73. The highest BCUT2D eigenvalue weighted by atomic mass is 35.5. The van der Waals surface area contributed by atoms with Crippen LogP contribution < -0.4 is 10.2 Å².